The predicted molar refractivity (Wildman–Crippen MR) is 84.7 cm³/mol. The SMILES string of the molecule is CC(Nc1ccc(C#N)c(Cl)c1)c1cccc(Cl)c1Cl. The Balaban J connectivity index is 2.24. The molecule has 0 amide bonds. The summed E-state index contributed by atoms with van der Waals surface area (Å²) in [4.78, 5) is 0. The first kappa shape index (κ1) is 15.0. The molecule has 20 heavy (non-hydrogen) atoms. The summed E-state index contributed by atoms with van der Waals surface area (Å²) in [6.45, 7) is 1.98. The zero-order chi connectivity index (χ0) is 14.7. The van der Waals surface area contributed by atoms with Crippen LogP contribution in [0.25, 0.3) is 0 Å². The van der Waals surface area contributed by atoms with Crippen molar-refractivity contribution in [3.8, 4) is 6.07 Å². The van der Waals surface area contributed by atoms with Gasteiger partial charge in [0.05, 0.1) is 26.7 Å². The second-order valence-electron chi connectivity index (χ2n) is 4.32. The minimum Gasteiger partial charge on any atom is -0.378 e. The van der Waals surface area contributed by atoms with Crippen molar-refractivity contribution < 1.29 is 0 Å². The highest BCUT2D eigenvalue weighted by molar-refractivity contribution is 6.42. The average molecular weight is 326 g/mol. The highest BCUT2D eigenvalue weighted by Gasteiger charge is 2.12. The molecule has 5 heteroatoms. The van der Waals surface area contributed by atoms with Crippen LogP contribution in [0.15, 0.2) is 36.4 Å². The van der Waals surface area contributed by atoms with Crippen molar-refractivity contribution in [1.82, 2.24) is 0 Å². The maximum absolute atomic E-state index is 8.85. The molecule has 0 aliphatic heterocycles. The van der Waals surface area contributed by atoms with E-state index in [1.54, 1.807) is 24.3 Å². The first-order valence-corrected chi connectivity index (χ1v) is 7.06. The Hall–Kier alpha value is -1.40. The lowest BCUT2D eigenvalue weighted by molar-refractivity contribution is 0.885. The van der Waals surface area contributed by atoms with E-state index in [1.807, 2.05) is 25.1 Å². The topological polar surface area (TPSA) is 35.8 Å². The third-order valence-electron chi connectivity index (χ3n) is 2.92. The van der Waals surface area contributed by atoms with Crippen molar-refractivity contribution in [3.63, 3.8) is 0 Å². The molecule has 102 valence electrons. The van der Waals surface area contributed by atoms with Gasteiger partial charge in [-0.15, -0.1) is 0 Å². The molecular weight excluding hydrogens is 315 g/mol. The number of anilines is 1. The molecule has 2 aromatic rings. The molecule has 0 aliphatic carbocycles. The Bertz CT molecular complexity index is 677. The van der Waals surface area contributed by atoms with Gasteiger partial charge < -0.3 is 5.32 Å². The molecule has 0 radical (unpaired) electrons. The standard InChI is InChI=1S/C15H11Cl3N2/c1-9(12-3-2-4-13(16)15(12)18)20-11-6-5-10(8-19)14(17)7-11/h2-7,9,20H,1H3. The van der Waals surface area contributed by atoms with Gasteiger partial charge in [-0.3, -0.25) is 0 Å². The van der Waals surface area contributed by atoms with E-state index in [0.717, 1.165) is 11.3 Å². The Labute approximate surface area is 132 Å². The fourth-order valence-electron chi connectivity index (χ4n) is 1.88. The average Bonchev–Trinajstić information content (AvgIpc) is 2.42. The lowest BCUT2D eigenvalue weighted by Gasteiger charge is -2.18. The smallest absolute Gasteiger partial charge is 0.101 e. The normalized spacial score (nSPS) is 11.8. The van der Waals surface area contributed by atoms with E-state index >= 15 is 0 Å². The monoisotopic (exact) mass is 324 g/mol. The summed E-state index contributed by atoms with van der Waals surface area (Å²) in [7, 11) is 0. The van der Waals surface area contributed by atoms with Gasteiger partial charge in [-0.1, -0.05) is 46.9 Å². The van der Waals surface area contributed by atoms with Crippen LogP contribution in [-0.2, 0) is 0 Å². The molecule has 0 bridgehead atoms. The number of halogens is 3. The van der Waals surface area contributed by atoms with Crippen LogP contribution in [0.3, 0.4) is 0 Å². The van der Waals surface area contributed by atoms with Gasteiger partial charge in [-0.25, -0.2) is 0 Å². The van der Waals surface area contributed by atoms with Gasteiger partial charge in [0.25, 0.3) is 0 Å². The molecule has 2 aromatic carbocycles. The second kappa shape index (κ2) is 6.37. The maximum atomic E-state index is 8.85. The third-order valence-corrected chi connectivity index (χ3v) is 4.07. The quantitative estimate of drug-likeness (QED) is 0.786. The highest BCUT2D eigenvalue weighted by Crippen LogP contribution is 2.32. The van der Waals surface area contributed by atoms with Crippen molar-refractivity contribution in [2.45, 2.75) is 13.0 Å². The molecule has 0 fully saturated rings. The summed E-state index contributed by atoms with van der Waals surface area (Å²) < 4.78 is 0. The summed E-state index contributed by atoms with van der Waals surface area (Å²) in [6, 6.07) is 12.7. The van der Waals surface area contributed by atoms with Crippen molar-refractivity contribution in [2.75, 3.05) is 5.32 Å². The Morgan fingerprint density at radius 2 is 1.85 bits per heavy atom. The van der Waals surface area contributed by atoms with E-state index in [2.05, 4.69) is 5.32 Å². The lowest BCUT2D eigenvalue weighted by atomic mass is 10.1. The van der Waals surface area contributed by atoms with Crippen LogP contribution < -0.4 is 5.32 Å². The molecule has 2 nitrogen and oxygen atoms in total. The number of nitriles is 1. The fraction of sp³-hybridized carbons (Fsp3) is 0.133. The molecule has 0 saturated carbocycles. The van der Waals surface area contributed by atoms with Gasteiger partial charge in [-0.2, -0.15) is 5.26 Å². The van der Waals surface area contributed by atoms with Crippen molar-refractivity contribution in [2.24, 2.45) is 0 Å². The molecule has 0 saturated heterocycles. The van der Waals surface area contributed by atoms with Crippen molar-refractivity contribution in [1.29, 1.82) is 5.26 Å². The van der Waals surface area contributed by atoms with Crippen LogP contribution in [-0.4, -0.2) is 0 Å². The van der Waals surface area contributed by atoms with Gasteiger partial charge in [0, 0.05) is 5.69 Å². The predicted octanol–water partition coefficient (Wildman–Crippen LogP) is 5.69. The van der Waals surface area contributed by atoms with Crippen LogP contribution in [0, 0.1) is 11.3 Å². The lowest BCUT2D eigenvalue weighted by Crippen LogP contribution is -2.07. The number of hydrogen-bond acceptors (Lipinski definition) is 2. The van der Waals surface area contributed by atoms with Gasteiger partial charge in [0.15, 0.2) is 0 Å². The van der Waals surface area contributed by atoms with Crippen LogP contribution in [0.4, 0.5) is 5.69 Å². The summed E-state index contributed by atoms with van der Waals surface area (Å²) in [5.41, 5.74) is 2.17. The molecule has 1 unspecified atom stereocenters. The van der Waals surface area contributed by atoms with E-state index in [0.29, 0.717) is 20.6 Å². The largest absolute Gasteiger partial charge is 0.378 e. The van der Waals surface area contributed by atoms with Crippen LogP contribution in [0.5, 0.6) is 0 Å². The Kier molecular flexibility index (Phi) is 4.77. The minimum absolute atomic E-state index is 0.0368. The highest BCUT2D eigenvalue weighted by atomic mass is 35.5. The van der Waals surface area contributed by atoms with Gasteiger partial charge in [-0.05, 0) is 36.8 Å². The van der Waals surface area contributed by atoms with E-state index in [-0.39, 0.29) is 6.04 Å². The Morgan fingerprint density at radius 3 is 2.50 bits per heavy atom. The van der Waals surface area contributed by atoms with E-state index in [9.17, 15) is 0 Å². The first-order chi connectivity index (χ1) is 9.52. The van der Waals surface area contributed by atoms with E-state index in [1.165, 1.54) is 0 Å². The third kappa shape index (κ3) is 3.19. The van der Waals surface area contributed by atoms with Gasteiger partial charge in [0.2, 0.25) is 0 Å². The molecule has 0 spiro atoms. The van der Waals surface area contributed by atoms with E-state index < -0.39 is 0 Å². The summed E-state index contributed by atoms with van der Waals surface area (Å²) in [5, 5.41) is 13.6. The number of nitrogens with one attached hydrogen (secondary N) is 1. The van der Waals surface area contributed by atoms with Crippen LogP contribution in [0.2, 0.25) is 15.1 Å². The number of hydrogen-bond donors (Lipinski definition) is 1. The van der Waals surface area contributed by atoms with Crippen LogP contribution >= 0.6 is 34.8 Å². The zero-order valence-corrected chi connectivity index (χ0v) is 12.9. The number of benzene rings is 2. The maximum Gasteiger partial charge on any atom is 0.101 e. The molecule has 1 N–H and O–H groups in total. The number of nitrogens with zero attached hydrogens (tertiary/aromatic N) is 1. The summed E-state index contributed by atoms with van der Waals surface area (Å²) in [6.07, 6.45) is 0. The van der Waals surface area contributed by atoms with Crippen LogP contribution in [0.1, 0.15) is 24.1 Å². The number of rotatable bonds is 3. The fourth-order valence-corrected chi connectivity index (χ4v) is 2.57. The summed E-state index contributed by atoms with van der Waals surface area (Å²) >= 11 is 18.2. The molecule has 2 rings (SSSR count). The van der Waals surface area contributed by atoms with Crippen molar-refractivity contribution in [3.05, 3.63) is 62.6 Å². The molecular formula is C15H11Cl3N2. The first-order valence-electron chi connectivity index (χ1n) is 5.93. The summed E-state index contributed by atoms with van der Waals surface area (Å²) in [5.74, 6) is 0. The zero-order valence-electron chi connectivity index (χ0n) is 10.6. The molecule has 0 aromatic heterocycles. The van der Waals surface area contributed by atoms with Gasteiger partial charge in [0.1, 0.15) is 6.07 Å². The molecule has 0 aliphatic rings. The van der Waals surface area contributed by atoms with E-state index in [4.69, 9.17) is 40.1 Å². The second-order valence-corrected chi connectivity index (χ2v) is 5.51. The molecule has 1 atom stereocenters. The Morgan fingerprint density at radius 1 is 1.10 bits per heavy atom. The minimum atomic E-state index is -0.0368. The van der Waals surface area contributed by atoms with Crippen molar-refractivity contribution >= 4 is 40.5 Å². The van der Waals surface area contributed by atoms with Gasteiger partial charge >= 0.3 is 0 Å². The molecule has 0 heterocycles.